The Morgan fingerprint density at radius 2 is 1.86 bits per heavy atom. The van der Waals surface area contributed by atoms with E-state index in [1.165, 1.54) is 23.6 Å². The molecule has 1 aliphatic carbocycles. The van der Waals surface area contributed by atoms with Crippen LogP contribution < -0.4 is 15.6 Å². The molecule has 0 spiro atoms. The number of alkyl halides is 3. The highest BCUT2D eigenvalue weighted by Crippen LogP contribution is 2.30. The van der Waals surface area contributed by atoms with Crippen LogP contribution in [0.15, 0.2) is 35.1 Å². The zero-order chi connectivity index (χ0) is 29.9. The van der Waals surface area contributed by atoms with Crippen LogP contribution in [0.4, 0.5) is 13.2 Å². The number of aryl methyl sites for hydroxylation is 1. The van der Waals surface area contributed by atoms with Crippen LogP contribution in [0.5, 0.6) is 5.75 Å². The number of amides is 1. The molecule has 42 heavy (non-hydrogen) atoms. The molecule has 0 atom stereocenters. The second-order valence-corrected chi connectivity index (χ2v) is 10.1. The molecule has 1 saturated carbocycles. The van der Waals surface area contributed by atoms with Gasteiger partial charge in [0.2, 0.25) is 0 Å². The fraction of sp³-hybridized carbons (Fsp3) is 0.500. The van der Waals surface area contributed by atoms with Crippen LogP contribution in [-0.4, -0.2) is 98.2 Å². The van der Waals surface area contributed by atoms with Crippen LogP contribution in [0.1, 0.15) is 23.3 Å². The molecule has 0 radical (unpaired) electrons. The first-order valence-corrected chi connectivity index (χ1v) is 13.5. The van der Waals surface area contributed by atoms with Crippen LogP contribution in [-0.2, 0) is 22.6 Å². The minimum Gasteiger partial charge on any atom is -0.493 e. The van der Waals surface area contributed by atoms with Crippen molar-refractivity contribution in [3.63, 3.8) is 0 Å². The number of halogens is 3. The van der Waals surface area contributed by atoms with Gasteiger partial charge in [-0.3, -0.25) is 19.2 Å². The number of nitrogens with one attached hydrogen (secondary N) is 1. The van der Waals surface area contributed by atoms with E-state index in [9.17, 15) is 22.8 Å². The van der Waals surface area contributed by atoms with Crippen LogP contribution in [0, 0.1) is 5.92 Å². The summed E-state index contributed by atoms with van der Waals surface area (Å²) in [6, 6.07) is 9.09. The topological polar surface area (TPSA) is 146 Å². The van der Waals surface area contributed by atoms with E-state index in [2.05, 4.69) is 20.3 Å². The number of carbonyl (C=O) groups excluding carboxylic acids is 1. The van der Waals surface area contributed by atoms with E-state index < -0.39 is 12.1 Å². The molecule has 226 valence electrons. The van der Waals surface area contributed by atoms with Gasteiger partial charge in [-0.25, -0.2) is 9.48 Å². The molecule has 16 heteroatoms. The predicted molar refractivity (Wildman–Crippen MR) is 141 cm³/mol. The quantitative estimate of drug-likeness (QED) is 0.396. The SMILES string of the molecule is O=C(NCCN1CCOCC1)c1cc(=O)n2n1CCn1nc(-c3cccc(OCC4CC4)c3)nc1-2.O=C(O)C(F)(F)F. The summed E-state index contributed by atoms with van der Waals surface area (Å²) in [5.74, 6) is -0.626. The Kier molecular flexibility index (Phi) is 8.63. The van der Waals surface area contributed by atoms with Gasteiger partial charge in [0, 0.05) is 37.8 Å². The number of nitrogens with zero attached hydrogens (tertiary/aromatic N) is 6. The third-order valence-corrected chi connectivity index (χ3v) is 6.92. The van der Waals surface area contributed by atoms with E-state index in [1.54, 1.807) is 9.36 Å². The molecular weight excluding hydrogens is 563 g/mol. The van der Waals surface area contributed by atoms with Crippen molar-refractivity contribution < 1.29 is 37.3 Å². The lowest BCUT2D eigenvalue weighted by Gasteiger charge is -2.26. The van der Waals surface area contributed by atoms with E-state index in [0.717, 1.165) is 50.8 Å². The van der Waals surface area contributed by atoms with Gasteiger partial charge in [-0.2, -0.15) is 22.8 Å². The van der Waals surface area contributed by atoms with Crippen LogP contribution in [0.2, 0.25) is 0 Å². The highest BCUT2D eigenvalue weighted by molar-refractivity contribution is 5.92. The number of aromatic nitrogens is 5. The zero-order valence-corrected chi connectivity index (χ0v) is 22.5. The summed E-state index contributed by atoms with van der Waals surface area (Å²) in [5.41, 5.74) is 0.862. The maximum Gasteiger partial charge on any atom is 0.490 e. The molecule has 3 aromatic rings. The van der Waals surface area contributed by atoms with Crippen LogP contribution in [0.25, 0.3) is 17.3 Å². The molecule has 6 rings (SSSR count). The van der Waals surface area contributed by atoms with Crippen molar-refractivity contribution in [3.05, 3.63) is 46.4 Å². The molecule has 2 aromatic heterocycles. The van der Waals surface area contributed by atoms with Gasteiger partial charge in [0.15, 0.2) is 5.82 Å². The Bertz CT molecular complexity index is 1490. The Labute approximate surface area is 237 Å². The number of benzene rings is 1. The smallest absolute Gasteiger partial charge is 0.490 e. The number of morpholine rings is 1. The fourth-order valence-electron chi connectivity index (χ4n) is 4.51. The summed E-state index contributed by atoms with van der Waals surface area (Å²) in [4.78, 5) is 41.5. The van der Waals surface area contributed by atoms with Crippen molar-refractivity contribution in [3.8, 4) is 23.1 Å². The minimum absolute atomic E-state index is 0.261. The molecule has 1 saturated heterocycles. The number of aliphatic carboxylic acids is 1. The summed E-state index contributed by atoms with van der Waals surface area (Å²) >= 11 is 0. The zero-order valence-electron chi connectivity index (χ0n) is 22.5. The average Bonchev–Trinajstić information content (AvgIpc) is 3.60. The van der Waals surface area contributed by atoms with Crippen LogP contribution >= 0.6 is 0 Å². The van der Waals surface area contributed by atoms with Gasteiger partial charge in [-0.1, -0.05) is 12.1 Å². The van der Waals surface area contributed by atoms with E-state index in [-0.39, 0.29) is 11.5 Å². The lowest BCUT2D eigenvalue weighted by molar-refractivity contribution is -0.192. The number of rotatable bonds is 8. The molecule has 4 heterocycles. The van der Waals surface area contributed by atoms with E-state index in [1.807, 2.05) is 24.3 Å². The molecule has 2 aliphatic heterocycles. The van der Waals surface area contributed by atoms with Gasteiger partial charge in [0.05, 0.1) is 32.9 Å². The van der Waals surface area contributed by atoms with Gasteiger partial charge in [0.1, 0.15) is 11.4 Å². The molecule has 2 N–H and O–H groups in total. The number of ether oxygens (including phenoxy) is 2. The molecule has 13 nitrogen and oxygen atoms in total. The van der Waals surface area contributed by atoms with Crippen LogP contribution in [0.3, 0.4) is 0 Å². The third-order valence-electron chi connectivity index (χ3n) is 6.92. The Hall–Kier alpha value is -4.18. The van der Waals surface area contributed by atoms with Crippen molar-refractivity contribution in [2.45, 2.75) is 32.1 Å². The molecule has 1 aromatic carbocycles. The molecule has 0 unspecified atom stereocenters. The van der Waals surface area contributed by atoms with Gasteiger partial charge >= 0.3 is 12.1 Å². The Morgan fingerprint density at radius 1 is 1.12 bits per heavy atom. The summed E-state index contributed by atoms with van der Waals surface area (Å²) < 4.78 is 47.8. The summed E-state index contributed by atoms with van der Waals surface area (Å²) in [5, 5.41) is 14.7. The second-order valence-electron chi connectivity index (χ2n) is 10.1. The normalized spacial score (nSPS) is 16.5. The van der Waals surface area contributed by atoms with Gasteiger partial charge in [-0.15, -0.1) is 5.10 Å². The van der Waals surface area contributed by atoms with Crippen molar-refractivity contribution in [2.75, 3.05) is 46.0 Å². The fourth-order valence-corrected chi connectivity index (χ4v) is 4.51. The molecule has 3 aliphatic rings. The first-order chi connectivity index (χ1) is 20.1. The first-order valence-electron chi connectivity index (χ1n) is 13.5. The number of carboxylic acids is 1. The third kappa shape index (κ3) is 6.99. The van der Waals surface area contributed by atoms with Crippen molar-refractivity contribution in [1.29, 1.82) is 0 Å². The molecule has 2 fully saturated rings. The van der Waals surface area contributed by atoms with E-state index in [4.69, 9.17) is 19.4 Å². The maximum absolute atomic E-state index is 12.9. The highest BCUT2D eigenvalue weighted by Gasteiger charge is 2.38. The predicted octanol–water partition coefficient (Wildman–Crippen LogP) is 1.40. The minimum atomic E-state index is -5.08. The lowest BCUT2D eigenvalue weighted by Crippen LogP contribution is -2.41. The Balaban J connectivity index is 0.000000451. The number of carbonyl (C=O) groups is 2. The van der Waals surface area contributed by atoms with Gasteiger partial charge in [-0.05, 0) is 30.9 Å². The van der Waals surface area contributed by atoms with Crippen molar-refractivity contribution >= 4 is 11.9 Å². The van der Waals surface area contributed by atoms with Crippen molar-refractivity contribution in [2.24, 2.45) is 5.92 Å². The monoisotopic (exact) mass is 593 g/mol. The second kappa shape index (κ2) is 12.4. The first kappa shape index (κ1) is 29.3. The number of hydrogen-bond acceptors (Lipinski definition) is 8. The molecule has 0 bridgehead atoms. The number of fused-ring (bicyclic) bond motifs is 3. The Morgan fingerprint density at radius 3 is 2.55 bits per heavy atom. The van der Waals surface area contributed by atoms with Crippen molar-refractivity contribution in [1.82, 2.24) is 34.3 Å². The molecular formula is C26H30F3N7O6. The number of carboxylic acid groups (broad SMARTS) is 1. The van der Waals surface area contributed by atoms with E-state index >= 15 is 0 Å². The summed E-state index contributed by atoms with van der Waals surface area (Å²) in [6.45, 7) is 6.13. The van der Waals surface area contributed by atoms with Gasteiger partial charge < -0.3 is 19.9 Å². The average molecular weight is 594 g/mol. The van der Waals surface area contributed by atoms with E-state index in [0.29, 0.717) is 43.0 Å². The standard InChI is InChI=1S/C24H29N7O4.C2HF3O2/c32-21-15-20(23(33)25-6-7-28-10-12-34-13-11-28)30-9-8-29-24(31(21)30)26-22(27-29)18-2-1-3-19(14-18)35-16-17-4-5-17;3-2(4,5)1(6)7/h1-3,14-15,17H,4-13,16H2,(H,25,33);(H,6,7). The summed E-state index contributed by atoms with van der Waals surface area (Å²) in [7, 11) is 0. The maximum atomic E-state index is 12.9. The lowest BCUT2D eigenvalue weighted by atomic mass is 10.2. The molecule has 1 amide bonds. The van der Waals surface area contributed by atoms with Gasteiger partial charge in [0.25, 0.3) is 17.4 Å². The highest BCUT2D eigenvalue weighted by atomic mass is 19.4. The number of hydrogen-bond donors (Lipinski definition) is 2. The largest absolute Gasteiger partial charge is 0.493 e. The summed E-state index contributed by atoms with van der Waals surface area (Å²) in [6.07, 6.45) is -2.62.